The van der Waals surface area contributed by atoms with Crippen LogP contribution in [0.4, 0.5) is 0 Å². The van der Waals surface area contributed by atoms with Gasteiger partial charge in [-0.3, -0.25) is 0 Å². The Balaban J connectivity index is 2.89. The molecule has 2 rings (SSSR count). The summed E-state index contributed by atoms with van der Waals surface area (Å²) in [4.78, 5) is 4.28. The average Bonchev–Trinajstić information content (AvgIpc) is 2.12. The molecule has 0 atom stereocenters. The van der Waals surface area contributed by atoms with Gasteiger partial charge in [-0.1, -0.05) is 12.1 Å². The molecule has 2 nitrogen and oxygen atoms in total. The van der Waals surface area contributed by atoms with E-state index in [0.717, 1.165) is 14.7 Å². The van der Waals surface area contributed by atoms with Crippen molar-refractivity contribution in [2.45, 2.75) is 6.92 Å². The van der Waals surface area contributed by atoms with Crippen LogP contribution in [0.1, 0.15) is 5.69 Å². The molecule has 0 amide bonds. The zero-order valence-corrected chi connectivity index (χ0v) is 9.24. The SMILES string of the molecule is Cc1ccc2ccc(I)c(O)c2n1. The lowest BCUT2D eigenvalue weighted by Gasteiger charge is -2.02. The molecule has 0 radical (unpaired) electrons. The first kappa shape index (κ1) is 8.74. The van der Waals surface area contributed by atoms with Gasteiger partial charge in [-0.05, 0) is 41.6 Å². The fraction of sp³-hybridized carbons (Fsp3) is 0.100. The Bertz CT molecular complexity index is 462. The van der Waals surface area contributed by atoms with Gasteiger partial charge in [-0.25, -0.2) is 4.98 Å². The number of pyridine rings is 1. The van der Waals surface area contributed by atoms with Crippen molar-refractivity contribution in [1.29, 1.82) is 0 Å². The lowest BCUT2D eigenvalue weighted by atomic mass is 10.2. The first-order chi connectivity index (χ1) is 6.18. The summed E-state index contributed by atoms with van der Waals surface area (Å²) in [6, 6.07) is 7.75. The van der Waals surface area contributed by atoms with Gasteiger partial charge in [0.05, 0.1) is 3.57 Å². The quantitative estimate of drug-likeness (QED) is 0.755. The van der Waals surface area contributed by atoms with Crippen LogP contribution in [-0.2, 0) is 0 Å². The number of benzene rings is 1. The largest absolute Gasteiger partial charge is 0.505 e. The fourth-order valence-corrected chi connectivity index (χ4v) is 1.68. The standard InChI is InChI=1S/C10H8INO/c1-6-2-3-7-4-5-8(11)10(13)9(7)12-6/h2-5,13H,1H3. The zero-order chi connectivity index (χ0) is 9.42. The van der Waals surface area contributed by atoms with Gasteiger partial charge < -0.3 is 5.11 Å². The minimum atomic E-state index is 0.279. The van der Waals surface area contributed by atoms with Crippen molar-refractivity contribution in [3.63, 3.8) is 0 Å². The Kier molecular flexibility index (Phi) is 2.11. The van der Waals surface area contributed by atoms with E-state index in [1.165, 1.54) is 0 Å². The van der Waals surface area contributed by atoms with Crippen molar-refractivity contribution in [1.82, 2.24) is 4.98 Å². The van der Waals surface area contributed by atoms with Crippen LogP contribution in [0.25, 0.3) is 10.9 Å². The molecule has 1 aromatic heterocycles. The minimum absolute atomic E-state index is 0.279. The predicted molar refractivity (Wildman–Crippen MR) is 60.9 cm³/mol. The van der Waals surface area contributed by atoms with E-state index in [-0.39, 0.29) is 5.75 Å². The number of aromatic hydroxyl groups is 1. The summed E-state index contributed by atoms with van der Waals surface area (Å²) in [5.74, 6) is 0.279. The average molecular weight is 285 g/mol. The summed E-state index contributed by atoms with van der Waals surface area (Å²) in [6.07, 6.45) is 0. The fourth-order valence-electron chi connectivity index (χ4n) is 1.25. The Morgan fingerprint density at radius 1 is 1.23 bits per heavy atom. The van der Waals surface area contributed by atoms with Gasteiger partial charge >= 0.3 is 0 Å². The maximum absolute atomic E-state index is 9.71. The Morgan fingerprint density at radius 3 is 2.69 bits per heavy atom. The molecule has 1 aromatic carbocycles. The second-order valence-corrected chi connectivity index (χ2v) is 4.08. The van der Waals surface area contributed by atoms with Crippen LogP contribution in [0, 0.1) is 10.5 Å². The zero-order valence-electron chi connectivity index (χ0n) is 7.08. The summed E-state index contributed by atoms with van der Waals surface area (Å²) in [7, 11) is 0. The van der Waals surface area contributed by atoms with Crippen LogP contribution in [0.5, 0.6) is 5.75 Å². The molecule has 0 bridgehead atoms. The van der Waals surface area contributed by atoms with E-state index >= 15 is 0 Å². The van der Waals surface area contributed by atoms with E-state index in [0.29, 0.717) is 5.52 Å². The number of phenolic OH excluding ortho intramolecular Hbond substituents is 1. The molecule has 0 aliphatic rings. The van der Waals surface area contributed by atoms with E-state index in [2.05, 4.69) is 27.6 Å². The number of hydrogen-bond acceptors (Lipinski definition) is 2. The maximum atomic E-state index is 9.71. The third kappa shape index (κ3) is 1.48. The molecule has 1 N–H and O–H groups in total. The van der Waals surface area contributed by atoms with Gasteiger partial charge in [0, 0.05) is 11.1 Å². The molecule has 13 heavy (non-hydrogen) atoms. The summed E-state index contributed by atoms with van der Waals surface area (Å²) < 4.78 is 0.836. The van der Waals surface area contributed by atoms with Crippen LogP contribution in [0.2, 0.25) is 0 Å². The highest BCUT2D eigenvalue weighted by Gasteiger charge is 2.04. The molecular formula is C10H8INO. The van der Waals surface area contributed by atoms with Crippen LogP contribution in [-0.4, -0.2) is 10.1 Å². The van der Waals surface area contributed by atoms with Crippen molar-refractivity contribution >= 4 is 33.5 Å². The van der Waals surface area contributed by atoms with Crippen molar-refractivity contribution in [2.24, 2.45) is 0 Å². The molecule has 0 saturated carbocycles. The van der Waals surface area contributed by atoms with Gasteiger partial charge in [-0.2, -0.15) is 0 Å². The second-order valence-electron chi connectivity index (χ2n) is 2.92. The highest BCUT2D eigenvalue weighted by molar-refractivity contribution is 14.1. The lowest BCUT2D eigenvalue weighted by Crippen LogP contribution is -1.85. The number of aryl methyl sites for hydroxylation is 1. The van der Waals surface area contributed by atoms with Gasteiger partial charge in [0.1, 0.15) is 5.52 Å². The minimum Gasteiger partial charge on any atom is -0.505 e. The number of phenols is 1. The molecule has 3 heteroatoms. The number of nitrogens with zero attached hydrogens (tertiary/aromatic N) is 1. The summed E-state index contributed by atoms with van der Waals surface area (Å²) >= 11 is 2.09. The van der Waals surface area contributed by atoms with Gasteiger partial charge in [0.15, 0.2) is 5.75 Å². The Labute approximate surface area is 89.8 Å². The number of rotatable bonds is 0. The van der Waals surface area contributed by atoms with E-state index < -0.39 is 0 Å². The monoisotopic (exact) mass is 285 g/mol. The van der Waals surface area contributed by atoms with Crippen molar-refractivity contribution in [2.75, 3.05) is 0 Å². The van der Waals surface area contributed by atoms with Crippen LogP contribution in [0.15, 0.2) is 24.3 Å². The number of halogens is 1. The molecule has 0 aliphatic carbocycles. The van der Waals surface area contributed by atoms with Gasteiger partial charge in [0.2, 0.25) is 0 Å². The number of hydrogen-bond donors (Lipinski definition) is 1. The molecule has 66 valence electrons. The summed E-state index contributed by atoms with van der Waals surface area (Å²) in [6.45, 7) is 1.92. The highest BCUT2D eigenvalue weighted by Crippen LogP contribution is 2.28. The molecule has 1 heterocycles. The Hall–Kier alpha value is -0.840. The number of aromatic nitrogens is 1. The molecule has 0 aliphatic heterocycles. The van der Waals surface area contributed by atoms with Crippen LogP contribution in [0.3, 0.4) is 0 Å². The van der Waals surface area contributed by atoms with Crippen molar-refractivity contribution < 1.29 is 5.11 Å². The van der Waals surface area contributed by atoms with Gasteiger partial charge in [-0.15, -0.1) is 0 Å². The number of fused-ring (bicyclic) bond motifs is 1. The van der Waals surface area contributed by atoms with E-state index in [4.69, 9.17) is 0 Å². The molecule has 0 fully saturated rings. The smallest absolute Gasteiger partial charge is 0.155 e. The van der Waals surface area contributed by atoms with Crippen molar-refractivity contribution in [3.05, 3.63) is 33.5 Å². The molecule has 0 unspecified atom stereocenters. The predicted octanol–water partition coefficient (Wildman–Crippen LogP) is 2.85. The Morgan fingerprint density at radius 2 is 1.92 bits per heavy atom. The first-order valence-corrected chi connectivity index (χ1v) is 5.01. The topological polar surface area (TPSA) is 33.1 Å². The molecule has 0 spiro atoms. The second kappa shape index (κ2) is 3.14. The summed E-state index contributed by atoms with van der Waals surface area (Å²) in [5, 5.41) is 10.7. The highest BCUT2D eigenvalue weighted by atomic mass is 127. The molecule has 2 aromatic rings. The molecule has 0 saturated heterocycles. The third-order valence-electron chi connectivity index (χ3n) is 1.93. The van der Waals surface area contributed by atoms with Crippen LogP contribution >= 0.6 is 22.6 Å². The molecular weight excluding hydrogens is 277 g/mol. The summed E-state index contributed by atoms with van der Waals surface area (Å²) in [5.41, 5.74) is 1.61. The first-order valence-electron chi connectivity index (χ1n) is 3.93. The van der Waals surface area contributed by atoms with E-state index in [1.54, 1.807) is 0 Å². The van der Waals surface area contributed by atoms with Crippen molar-refractivity contribution in [3.8, 4) is 5.75 Å². The lowest BCUT2D eigenvalue weighted by molar-refractivity contribution is 0.476. The van der Waals surface area contributed by atoms with E-state index in [9.17, 15) is 5.11 Å². The van der Waals surface area contributed by atoms with Gasteiger partial charge in [0.25, 0.3) is 0 Å². The third-order valence-corrected chi connectivity index (χ3v) is 2.80. The van der Waals surface area contributed by atoms with E-state index in [1.807, 2.05) is 31.2 Å². The van der Waals surface area contributed by atoms with Crippen LogP contribution < -0.4 is 0 Å². The normalized spacial score (nSPS) is 10.6. The maximum Gasteiger partial charge on any atom is 0.155 e.